The highest BCUT2D eigenvalue weighted by Gasteiger charge is 2.44. The van der Waals surface area contributed by atoms with Gasteiger partial charge in [-0.1, -0.05) is 6.42 Å². The van der Waals surface area contributed by atoms with Gasteiger partial charge in [0.2, 0.25) is 5.91 Å². The Kier molecular flexibility index (Phi) is 3.92. The van der Waals surface area contributed by atoms with Crippen LogP contribution in [0.1, 0.15) is 32.1 Å². The molecular weight excluding hydrogens is 250 g/mol. The van der Waals surface area contributed by atoms with Crippen LogP contribution in [0.4, 0.5) is 4.79 Å². The normalized spacial score (nSPS) is 24.2. The second-order valence-corrected chi connectivity index (χ2v) is 5.31. The molecule has 1 atom stereocenters. The van der Waals surface area contributed by atoms with E-state index in [4.69, 9.17) is 5.11 Å². The van der Waals surface area contributed by atoms with Crippen molar-refractivity contribution in [1.29, 1.82) is 0 Å². The number of carbonyl (C=O) groups is 3. The SMILES string of the molecule is O=C1CCC(CNC(=O)NCC2(C(=O)O)CCC2)N1. The Hall–Kier alpha value is -1.79. The highest BCUT2D eigenvalue weighted by molar-refractivity contribution is 5.80. The van der Waals surface area contributed by atoms with Gasteiger partial charge < -0.3 is 21.1 Å². The Morgan fingerprint density at radius 1 is 1.37 bits per heavy atom. The van der Waals surface area contributed by atoms with Gasteiger partial charge >= 0.3 is 12.0 Å². The van der Waals surface area contributed by atoms with Crippen molar-refractivity contribution in [2.24, 2.45) is 5.41 Å². The van der Waals surface area contributed by atoms with Crippen LogP contribution in [0, 0.1) is 5.41 Å². The lowest BCUT2D eigenvalue weighted by Crippen LogP contribution is -2.51. The summed E-state index contributed by atoms with van der Waals surface area (Å²) in [5.74, 6) is -0.839. The Bertz CT molecular complexity index is 392. The van der Waals surface area contributed by atoms with E-state index in [-0.39, 0.29) is 24.5 Å². The fourth-order valence-electron chi connectivity index (χ4n) is 2.43. The first kappa shape index (κ1) is 13.6. The largest absolute Gasteiger partial charge is 0.481 e. The molecule has 7 heteroatoms. The van der Waals surface area contributed by atoms with Crippen LogP contribution in [0.25, 0.3) is 0 Å². The number of carbonyl (C=O) groups excluding carboxylic acids is 2. The van der Waals surface area contributed by atoms with E-state index in [0.717, 1.165) is 12.8 Å². The van der Waals surface area contributed by atoms with Crippen molar-refractivity contribution in [2.45, 2.75) is 38.1 Å². The molecule has 2 aliphatic rings. The van der Waals surface area contributed by atoms with Gasteiger partial charge in [0.05, 0.1) is 5.41 Å². The summed E-state index contributed by atoms with van der Waals surface area (Å²) >= 11 is 0. The minimum atomic E-state index is -0.845. The van der Waals surface area contributed by atoms with Crippen LogP contribution in [-0.4, -0.2) is 42.1 Å². The highest BCUT2D eigenvalue weighted by atomic mass is 16.4. The molecule has 7 nitrogen and oxygen atoms in total. The molecule has 19 heavy (non-hydrogen) atoms. The van der Waals surface area contributed by atoms with Gasteiger partial charge in [0.1, 0.15) is 0 Å². The lowest BCUT2D eigenvalue weighted by atomic mass is 9.69. The van der Waals surface area contributed by atoms with E-state index in [1.165, 1.54) is 0 Å². The molecule has 2 fully saturated rings. The van der Waals surface area contributed by atoms with Gasteiger partial charge in [-0.3, -0.25) is 9.59 Å². The molecule has 2 rings (SSSR count). The van der Waals surface area contributed by atoms with Crippen molar-refractivity contribution in [1.82, 2.24) is 16.0 Å². The van der Waals surface area contributed by atoms with Gasteiger partial charge in [-0.2, -0.15) is 0 Å². The number of hydrogen-bond donors (Lipinski definition) is 4. The van der Waals surface area contributed by atoms with Gasteiger partial charge in [0.25, 0.3) is 0 Å². The lowest BCUT2D eigenvalue weighted by molar-refractivity contribution is -0.153. The maximum atomic E-state index is 11.6. The van der Waals surface area contributed by atoms with Crippen molar-refractivity contribution in [3.63, 3.8) is 0 Å². The first-order chi connectivity index (χ1) is 9.02. The summed E-state index contributed by atoms with van der Waals surface area (Å²) in [6.45, 7) is 0.531. The number of hydrogen-bond acceptors (Lipinski definition) is 3. The van der Waals surface area contributed by atoms with E-state index < -0.39 is 11.4 Å². The van der Waals surface area contributed by atoms with Crippen LogP contribution in [0.15, 0.2) is 0 Å². The van der Waals surface area contributed by atoms with Crippen molar-refractivity contribution in [3.05, 3.63) is 0 Å². The Labute approximate surface area is 111 Å². The number of nitrogens with one attached hydrogen (secondary N) is 3. The summed E-state index contributed by atoms with van der Waals surface area (Å²) in [7, 11) is 0. The summed E-state index contributed by atoms with van der Waals surface area (Å²) in [6, 6.07) is -0.399. The number of carboxylic acids is 1. The standard InChI is InChI=1S/C12H19N3O4/c16-9-3-2-8(15-9)6-13-11(19)14-7-12(10(17)18)4-1-5-12/h8H,1-7H2,(H,15,16)(H,17,18)(H2,13,14,19). The first-order valence-electron chi connectivity index (χ1n) is 6.56. The van der Waals surface area contributed by atoms with Crippen LogP contribution in [0.5, 0.6) is 0 Å². The first-order valence-corrected chi connectivity index (χ1v) is 6.56. The summed E-state index contributed by atoms with van der Waals surface area (Å²) < 4.78 is 0. The Morgan fingerprint density at radius 3 is 2.58 bits per heavy atom. The molecule has 0 aromatic heterocycles. The average Bonchev–Trinajstić information content (AvgIpc) is 2.70. The maximum Gasteiger partial charge on any atom is 0.314 e. The fourth-order valence-corrected chi connectivity index (χ4v) is 2.43. The number of rotatable bonds is 5. The molecule has 1 aliphatic carbocycles. The topological polar surface area (TPSA) is 108 Å². The number of amides is 3. The van der Waals surface area contributed by atoms with Crippen LogP contribution in [0.2, 0.25) is 0 Å². The van der Waals surface area contributed by atoms with E-state index in [1.54, 1.807) is 0 Å². The van der Waals surface area contributed by atoms with Gasteiger partial charge in [0.15, 0.2) is 0 Å². The monoisotopic (exact) mass is 269 g/mol. The van der Waals surface area contributed by atoms with Crippen LogP contribution in [0.3, 0.4) is 0 Å². The van der Waals surface area contributed by atoms with Crippen LogP contribution in [-0.2, 0) is 9.59 Å². The third-order valence-electron chi connectivity index (χ3n) is 3.95. The summed E-state index contributed by atoms with van der Waals surface area (Å²) in [6.07, 6.45) is 3.33. The molecule has 0 bridgehead atoms. The molecule has 1 heterocycles. The minimum Gasteiger partial charge on any atom is -0.481 e. The van der Waals surface area contributed by atoms with Gasteiger partial charge in [0, 0.05) is 25.6 Å². The van der Waals surface area contributed by atoms with E-state index in [0.29, 0.717) is 25.8 Å². The molecule has 0 radical (unpaired) electrons. The lowest BCUT2D eigenvalue weighted by Gasteiger charge is -2.37. The highest BCUT2D eigenvalue weighted by Crippen LogP contribution is 2.40. The van der Waals surface area contributed by atoms with Crippen molar-refractivity contribution >= 4 is 17.9 Å². The summed E-state index contributed by atoms with van der Waals surface area (Å²) in [5, 5.41) is 17.1. The molecule has 0 aromatic carbocycles. The zero-order chi connectivity index (χ0) is 13.9. The Balaban J connectivity index is 1.67. The van der Waals surface area contributed by atoms with Gasteiger partial charge in [-0.15, -0.1) is 0 Å². The number of carboxylic acid groups (broad SMARTS) is 1. The number of urea groups is 1. The maximum absolute atomic E-state index is 11.6. The molecule has 1 aliphatic heterocycles. The fraction of sp³-hybridized carbons (Fsp3) is 0.750. The molecule has 1 saturated carbocycles. The molecular formula is C12H19N3O4. The van der Waals surface area contributed by atoms with Crippen molar-refractivity contribution in [2.75, 3.05) is 13.1 Å². The molecule has 3 amide bonds. The van der Waals surface area contributed by atoms with Gasteiger partial charge in [-0.05, 0) is 19.3 Å². The van der Waals surface area contributed by atoms with E-state index >= 15 is 0 Å². The molecule has 4 N–H and O–H groups in total. The van der Waals surface area contributed by atoms with Gasteiger partial charge in [-0.25, -0.2) is 4.79 Å². The second-order valence-electron chi connectivity index (χ2n) is 5.31. The molecule has 106 valence electrons. The van der Waals surface area contributed by atoms with E-state index in [2.05, 4.69) is 16.0 Å². The van der Waals surface area contributed by atoms with E-state index in [1.807, 2.05) is 0 Å². The van der Waals surface area contributed by atoms with Crippen molar-refractivity contribution in [3.8, 4) is 0 Å². The van der Waals surface area contributed by atoms with Crippen molar-refractivity contribution < 1.29 is 19.5 Å². The quantitative estimate of drug-likeness (QED) is 0.555. The van der Waals surface area contributed by atoms with Crippen LogP contribution >= 0.6 is 0 Å². The zero-order valence-corrected chi connectivity index (χ0v) is 10.7. The van der Waals surface area contributed by atoms with Crippen LogP contribution < -0.4 is 16.0 Å². The molecule has 0 spiro atoms. The second kappa shape index (κ2) is 5.46. The summed E-state index contributed by atoms with van der Waals surface area (Å²) in [5.41, 5.74) is -0.779. The number of aliphatic carboxylic acids is 1. The third kappa shape index (κ3) is 3.15. The third-order valence-corrected chi connectivity index (χ3v) is 3.95. The predicted octanol–water partition coefficient (Wildman–Crippen LogP) is -0.181. The minimum absolute atomic E-state index is 0.00602. The summed E-state index contributed by atoms with van der Waals surface area (Å²) in [4.78, 5) is 33.6. The predicted molar refractivity (Wildman–Crippen MR) is 66.5 cm³/mol. The smallest absolute Gasteiger partial charge is 0.314 e. The molecule has 1 unspecified atom stereocenters. The molecule has 1 saturated heterocycles. The Morgan fingerprint density at radius 2 is 2.11 bits per heavy atom. The average molecular weight is 269 g/mol. The molecule has 0 aromatic rings. The zero-order valence-electron chi connectivity index (χ0n) is 10.7. The van der Waals surface area contributed by atoms with E-state index in [9.17, 15) is 14.4 Å².